The lowest BCUT2D eigenvalue weighted by Gasteiger charge is -2.32. The van der Waals surface area contributed by atoms with Gasteiger partial charge in [0.15, 0.2) is 11.3 Å². The summed E-state index contributed by atoms with van der Waals surface area (Å²) in [5.41, 5.74) is 6.47. The molecule has 0 aliphatic carbocycles. The zero-order chi connectivity index (χ0) is 26.9. The smallest absolute Gasteiger partial charge is 0.277 e. The van der Waals surface area contributed by atoms with E-state index in [1.807, 2.05) is 0 Å². The molecule has 1 aliphatic rings. The van der Waals surface area contributed by atoms with Gasteiger partial charge in [-0.3, -0.25) is 14.4 Å². The molecule has 4 rings (SSSR count). The molecule has 0 radical (unpaired) electrons. The van der Waals surface area contributed by atoms with E-state index in [4.69, 9.17) is 17.3 Å². The van der Waals surface area contributed by atoms with E-state index < -0.39 is 11.7 Å². The molecule has 194 valence electrons. The molecule has 0 spiro atoms. The molecule has 1 saturated heterocycles. The number of halogens is 2. The van der Waals surface area contributed by atoms with E-state index in [0.29, 0.717) is 25.2 Å². The molecular formula is C24H26ClFN8O3. The van der Waals surface area contributed by atoms with E-state index in [2.05, 4.69) is 27.0 Å². The molecule has 0 saturated carbocycles. The first-order chi connectivity index (χ1) is 17.6. The van der Waals surface area contributed by atoms with Crippen molar-refractivity contribution in [1.29, 1.82) is 0 Å². The van der Waals surface area contributed by atoms with Crippen molar-refractivity contribution in [2.45, 2.75) is 25.3 Å². The monoisotopic (exact) mass is 528 g/mol. The molecule has 11 nitrogen and oxygen atoms in total. The van der Waals surface area contributed by atoms with Crippen LogP contribution in [0, 0.1) is 5.82 Å². The van der Waals surface area contributed by atoms with Crippen LogP contribution in [0.4, 0.5) is 15.9 Å². The van der Waals surface area contributed by atoms with Gasteiger partial charge in [0, 0.05) is 27.2 Å². The summed E-state index contributed by atoms with van der Waals surface area (Å²) >= 11 is 6.19. The highest BCUT2D eigenvalue weighted by atomic mass is 35.5. The summed E-state index contributed by atoms with van der Waals surface area (Å²) in [6.07, 6.45) is 3.78. The Kier molecular flexibility index (Phi) is 7.39. The van der Waals surface area contributed by atoms with Gasteiger partial charge in [-0.25, -0.2) is 19.0 Å². The number of rotatable bonds is 6. The van der Waals surface area contributed by atoms with Crippen LogP contribution in [0.15, 0.2) is 31.1 Å². The van der Waals surface area contributed by atoms with Gasteiger partial charge in [-0.05, 0) is 30.5 Å². The van der Waals surface area contributed by atoms with Crippen LogP contribution >= 0.6 is 11.6 Å². The summed E-state index contributed by atoms with van der Waals surface area (Å²) in [7, 11) is 3.13. The van der Waals surface area contributed by atoms with E-state index in [0.717, 1.165) is 6.42 Å². The van der Waals surface area contributed by atoms with Gasteiger partial charge in [-0.15, -0.1) is 0 Å². The SMILES string of the molecule is C=CC(=O)N1CCCC(n2nc(C(=O)Nc3ccc(CC(=O)N(C)C)c(F)c3Cl)c3c(N)ncnc32)C1. The lowest BCUT2D eigenvalue weighted by Crippen LogP contribution is -2.40. The molecule has 3 aromatic rings. The predicted octanol–water partition coefficient (Wildman–Crippen LogP) is 2.43. The number of amides is 3. The minimum absolute atomic E-state index is 0.00348. The van der Waals surface area contributed by atoms with E-state index >= 15 is 0 Å². The van der Waals surface area contributed by atoms with Crippen molar-refractivity contribution in [3.63, 3.8) is 0 Å². The number of hydrogen-bond acceptors (Lipinski definition) is 7. The molecule has 3 amide bonds. The van der Waals surface area contributed by atoms with E-state index in [1.54, 1.807) is 23.7 Å². The summed E-state index contributed by atoms with van der Waals surface area (Å²) in [4.78, 5) is 48.7. The highest BCUT2D eigenvalue weighted by Gasteiger charge is 2.29. The van der Waals surface area contributed by atoms with Gasteiger partial charge in [0.2, 0.25) is 11.8 Å². The van der Waals surface area contributed by atoms with Gasteiger partial charge in [0.1, 0.15) is 23.0 Å². The van der Waals surface area contributed by atoms with Crippen LogP contribution < -0.4 is 11.1 Å². The number of hydrogen-bond donors (Lipinski definition) is 2. The molecule has 1 unspecified atom stereocenters. The molecule has 3 heterocycles. The third kappa shape index (κ3) is 5.10. The van der Waals surface area contributed by atoms with Gasteiger partial charge >= 0.3 is 0 Å². The molecule has 1 fully saturated rings. The summed E-state index contributed by atoms with van der Waals surface area (Å²) in [5.74, 6) is -1.94. The lowest BCUT2D eigenvalue weighted by atomic mass is 10.1. The maximum absolute atomic E-state index is 14.9. The van der Waals surface area contributed by atoms with Crippen LogP contribution in [0.25, 0.3) is 11.0 Å². The number of nitrogens with zero attached hydrogens (tertiary/aromatic N) is 6. The fourth-order valence-electron chi connectivity index (χ4n) is 4.22. The Morgan fingerprint density at radius 1 is 1.32 bits per heavy atom. The Bertz CT molecular complexity index is 1410. The van der Waals surface area contributed by atoms with Crippen LogP contribution in [-0.4, -0.2) is 74.5 Å². The van der Waals surface area contributed by atoms with E-state index in [1.165, 1.54) is 29.4 Å². The van der Waals surface area contributed by atoms with Crippen molar-refractivity contribution in [2.75, 3.05) is 38.2 Å². The number of carbonyl (C=O) groups excluding carboxylic acids is 3. The fraction of sp³-hybridized carbons (Fsp3) is 0.333. The third-order valence-corrected chi connectivity index (χ3v) is 6.58. The standard InChI is InChI=1S/C24H26ClFN8O3/c1-4-16(35)33-9-5-6-14(11-33)34-23-18(22(27)28-12-29-23)21(31-34)24(37)30-15-8-7-13(20(26)19(15)25)10-17(36)32(2)3/h4,7-8,12,14H,1,5-6,9-11H2,2-3H3,(H,30,37)(H2,27,28,29). The molecule has 1 atom stereocenters. The number of likely N-dealkylation sites (N-methyl/N-ethyl adjacent to an activating group) is 1. The number of benzene rings is 1. The summed E-state index contributed by atoms with van der Waals surface area (Å²) in [5, 5.41) is 6.96. The number of piperidine rings is 1. The minimum atomic E-state index is -0.804. The van der Waals surface area contributed by atoms with Crippen LogP contribution in [0.1, 0.15) is 34.9 Å². The molecule has 13 heteroatoms. The number of nitrogen functional groups attached to an aromatic ring is 1. The van der Waals surface area contributed by atoms with Gasteiger partial charge in [0.25, 0.3) is 5.91 Å². The van der Waals surface area contributed by atoms with Gasteiger partial charge in [-0.2, -0.15) is 5.10 Å². The molecule has 1 aliphatic heterocycles. The van der Waals surface area contributed by atoms with E-state index in [-0.39, 0.29) is 57.4 Å². The van der Waals surface area contributed by atoms with Crippen LogP contribution in [0.2, 0.25) is 5.02 Å². The number of aromatic nitrogens is 4. The Labute approximate surface area is 217 Å². The average Bonchev–Trinajstić information content (AvgIpc) is 3.29. The second-order valence-corrected chi connectivity index (χ2v) is 9.23. The largest absolute Gasteiger partial charge is 0.383 e. The Morgan fingerprint density at radius 2 is 2.08 bits per heavy atom. The van der Waals surface area contributed by atoms with Gasteiger partial charge < -0.3 is 20.9 Å². The first-order valence-corrected chi connectivity index (χ1v) is 11.9. The van der Waals surface area contributed by atoms with Crippen LogP contribution in [0.3, 0.4) is 0 Å². The zero-order valence-electron chi connectivity index (χ0n) is 20.4. The van der Waals surface area contributed by atoms with Gasteiger partial charge in [-0.1, -0.05) is 24.2 Å². The Morgan fingerprint density at radius 3 is 2.78 bits per heavy atom. The lowest BCUT2D eigenvalue weighted by molar-refractivity contribution is -0.128. The summed E-state index contributed by atoms with van der Waals surface area (Å²) in [6.45, 7) is 4.49. The van der Waals surface area contributed by atoms with Gasteiger partial charge in [0.05, 0.1) is 23.5 Å². The number of carbonyl (C=O) groups is 3. The van der Waals surface area contributed by atoms with Crippen molar-refractivity contribution in [1.82, 2.24) is 29.5 Å². The average molecular weight is 529 g/mol. The fourth-order valence-corrected chi connectivity index (χ4v) is 4.45. The summed E-state index contributed by atoms with van der Waals surface area (Å²) < 4.78 is 16.5. The highest BCUT2D eigenvalue weighted by molar-refractivity contribution is 6.34. The van der Waals surface area contributed by atoms with Crippen LogP contribution in [-0.2, 0) is 16.0 Å². The quantitative estimate of drug-likeness (QED) is 0.468. The van der Waals surface area contributed by atoms with Crippen molar-refractivity contribution >= 4 is 51.9 Å². The second-order valence-electron chi connectivity index (χ2n) is 8.85. The molecule has 0 bridgehead atoms. The Balaban J connectivity index is 1.66. The maximum atomic E-state index is 14.9. The number of nitrogens with one attached hydrogen (secondary N) is 1. The molecule has 3 N–H and O–H groups in total. The number of likely N-dealkylation sites (tertiary alicyclic amines) is 1. The van der Waals surface area contributed by atoms with E-state index in [9.17, 15) is 18.8 Å². The van der Waals surface area contributed by atoms with Crippen molar-refractivity contribution in [3.05, 3.63) is 53.2 Å². The minimum Gasteiger partial charge on any atom is -0.383 e. The third-order valence-electron chi connectivity index (χ3n) is 6.21. The Hall–Kier alpha value is -4.06. The highest BCUT2D eigenvalue weighted by Crippen LogP contribution is 2.31. The molecule has 2 aromatic heterocycles. The number of fused-ring (bicyclic) bond motifs is 1. The second kappa shape index (κ2) is 10.5. The normalized spacial score (nSPS) is 15.5. The van der Waals surface area contributed by atoms with Crippen LogP contribution in [0.5, 0.6) is 0 Å². The zero-order valence-corrected chi connectivity index (χ0v) is 21.1. The maximum Gasteiger partial charge on any atom is 0.277 e. The number of anilines is 2. The molecule has 37 heavy (non-hydrogen) atoms. The molecule has 1 aromatic carbocycles. The first-order valence-electron chi connectivity index (χ1n) is 11.5. The topological polar surface area (TPSA) is 139 Å². The first kappa shape index (κ1) is 26.0. The number of nitrogens with two attached hydrogens (primary N) is 1. The predicted molar refractivity (Wildman–Crippen MR) is 137 cm³/mol. The van der Waals surface area contributed by atoms with Crippen molar-refractivity contribution in [3.8, 4) is 0 Å². The molecular weight excluding hydrogens is 503 g/mol. The van der Waals surface area contributed by atoms with Crippen molar-refractivity contribution in [2.24, 2.45) is 0 Å². The van der Waals surface area contributed by atoms with Crippen molar-refractivity contribution < 1.29 is 18.8 Å². The summed E-state index contributed by atoms with van der Waals surface area (Å²) in [6, 6.07) is 2.55.